The summed E-state index contributed by atoms with van der Waals surface area (Å²) in [6, 6.07) is 7.10. The molecule has 2 rings (SSSR count). The van der Waals surface area contributed by atoms with Crippen molar-refractivity contribution < 1.29 is 9.90 Å². The van der Waals surface area contributed by atoms with Gasteiger partial charge in [-0.25, -0.2) is 9.78 Å². The average Bonchev–Trinajstić information content (AvgIpc) is 2.81. The molecule has 4 nitrogen and oxygen atoms in total. The summed E-state index contributed by atoms with van der Waals surface area (Å²) in [5, 5.41) is 8.77. The Morgan fingerprint density at radius 1 is 1.31 bits per heavy atom. The Bertz CT molecular complexity index is 512. The van der Waals surface area contributed by atoms with Crippen LogP contribution in [-0.2, 0) is 4.79 Å². The van der Waals surface area contributed by atoms with Crippen molar-refractivity contribution in [3.05, 3.63) is 55.1 Å². The summed E-state index contributed by atoms with van der Waals surface area (Å²) in [4.78, 5) is 14.6. The smallest absolute Gasteiger partial charge is 0.335 e. The van der Waals surface area contributed by atoms with Gasteiger partial charge in [0.25, 0.3) is 0 Å². The van der Waals surface area contributed by atoms with Gasteiger partial charge in [0.2, 0.25) is 0 Å². The molecule has 0 saturated heterocycles. The van der Waals surface area contributed by atoms with Gasteiger partial charge < -0.3 is 9.67 Å². The van der Waals surface area contributed by atoms with Crippen molar-refractivity contribution in [1.29, 1.82) is 0 Å². The van der Waals surface area contributed by atoms with Crippen LogP contribution in [0.4, 0.5) is 0 Å². The number of imidazole rings is 1. The van der Waals surface area contributed by atoms with Crippen LogP contribution in [0.5, 0.6) is 0 Å². The highest BCUT2D eigenvalue weighted by Crippen LogP contribution is 2.15. The molecule has 4 heteroatoms. The van der Waals surface area contributed by atoms with E-state index in [1.165, 1.54) is 0 Å². The molecule has 0 radical (unpaired) electrons. The largest absolute Gasteiger partial charge is 0.478 e. The first-order valence-electron chi connectivity index (χ1n) is 4.69. The maximum Gasteiger partial charge on any atom is 0.335 e. The molecule has 0 aliphatic carbocycles. The summed E-state index contributed by atoms with van der Waals surface area (Å²) in [5.74, 6) is -1.00. The third kappa shape index (κ3) is 1.86. The second-order valence-electron chi connectivity index (χ2n) is 3.30. The Labute approximate surface area is 92.5 Å². The fourth-order valence-corrected chi connectivity index (χ4v) is 1.37. The van der Waals surface area contributed by atoms with E-state index in [9.17, 15) is 4.79 Å². The van der Waals surface area contributed by atoms with Crippen LogP contribution in [0.2, 0.25) is 0 Å². The van der Waals surface area contributed by atoms with E-state index in [-0.39, 0.29) is 5.57 Å². The lowest BCUT2D eigenvalue weighted by Gasteiger charge is -2.04. The molecule has 0 aliphatic rings. The minimum Gasteiger partial charge on any atom is -0.478 e. The van der Waals surface area contributed by atoms with E-state index in [0.717, 1.165) is 5.69 Å². The molecule has 1 aromatic carbocycles. The van der Waals surface area contributed by atoms with Gasteiger partial charge in [0.15, 0.2) is 0 Å². The van der Waals surface area contributed by atoms with Crippen molar-refractivity contribution >= 4 is 11.5 Å². The van der Waals surface area contributed by atoms with E-state index in [1.807, 2.05) is 22.9 Å². The number of aliphatic carboxylic acids is 1. The molecular weight excluding hydrogens is 204 g/mol. The Hall–Kier alpha value is -2.36. The fraction of sp³-hybridized carbons (Fsp3) is 0. The van der Waals surface area contributed by atoms with Crippen LogP contribution in [0.15, 0.2) is 49.6 Å². The number of hydrogen-bond acceptors (Lipinski definition) is 2. The van der Waals surface area contributed by atoms with Crippen molar-refractivity contribution in [2.45, 2.75) is 0 Å². The van der Waals surface area contributed by atoms with E-state index >= 15 is 0 Å². The Balaban J connectivity index is 2.30. The summed E-state index contributed by atoms with van der Waals surface area (Å²) in [5.41, 5.74) is 1.63. The molecule has 1 N–H and O–H groups in total. The molecule has 2 aromatic rings. The molecule has 0 bridgehead atoms. The van der Waals surface area contributed by atoms with Gasteiger partial charge in [0.05, 0.1) is 11.9 Å². The molecule has 0 aliphatic heterocycles. The summed E-state index contributed by atoms with van der Waals surface area (Å²) in [6.07, 6.45) is 5.19. The van der Waals surface area contributed by atoms with Crippen molar-refractivity contribution in [3.8, 4) is 5.69 Å². The maximum atomic E-state index is 10.7. The van der Waals surface area contributed by atoms with Gasteiger partial charge in [-0.1, -0.05) is 18.7 Å². The number of rotatable bonds is 3. The quantitative estimate of drug-likeness (QED) is 0.795. The van der Waals surface area contributed by atoms with E-state index in [1.54, 1.807) is 24.7 Å². The van der Waals surface area contributed by atoms with Gasteiger partial charge in [-0.05, 0) is 17.7 Å². The van der Waals surface area contributed by atoms with Crippen molar-refractivity contribution in [1.82, 2.24) is 9.55 Å². The zero-order valence-corrected chi connectivity index (χ0v) is 8.50. The molecule has 80 valence electrons. The summed E-state index contributed by atoms with van der Waals surface area (Å²) < 4.78 is 1.84. The molecule has 1 aromatic heterocycles. The van der Waals surface area contributed by atoms with E-state index < -0.39 is 5.97 Å². The summed E-state index contributed by atoms with van der Waals surface area (Å²) in [6.45, 7) is 3.50. The second-order valence-corrected chi connectivity index (χ2v) is 3.30. The van der Waals surface area contributed by atoms with Crippen LogP contribution < -0.4 is 0 Å². The number of benzene rings is 1. The standard InChI is InChI=1S/C12H10N2O2/c1-9(12(15)16)10-2-4-11(5-3-10)14-7-6-13-8-14/h2-8H,1H2,(H,15,16). The van der Waals surface area contributed by atoms with Crippen molar-refractivity contribution in [3.63, 3.8) is 0 Å². The molecule has 0 unspecified atom stereocenters. The topological polar surface area (TPSA) is 55.1 Å². The average molecular weight is 214 g/mol. The van der Waals surface area contributed by atoms with Gasteiger partial charge >= 0.3 is 5.97 Å². The van der Waals surface area contributed by atoms with Gasteiger partial charge in [-0.15, -0.1) is 0 Å². The molecule has 0 saturated carbocycles. The predicted octanol–water partition coefficient (Wildman–Crippen LogP) is 1.97. The zero-order chi connectivity index (χ0) is 11.5. The minimum absolute atomic E-state index is 0.0946. The highest BCUT2D eigenvalue weighted by atomic mass is 16.4. The SMILES string of the molecule is C=C(C(=O)O)c1ccc(-n2ccnc2)cc1. The van der Waals surface area contributed by atoms with Crippen LogP contribution in [0.1, 0.15) is 5.56 Å². The number of aromatic nitrogens is 2. The third-order valence-electron chi connectivity index (χ3n) is 2.28. The summed E-state index contributed by atoms with van der Waals surface area (Å²) in [7, 11) is 0. The lowest BCUT2D eigenvalue weighted by Crippen LogP contribution is -1.98. The first kappa shape index (κ1) is 10.2. The molecule has 0 spiro atoms. The fourth-order valence-electron chi connectivity index (χ4n) is 1.37. The van der Waals surface area contributed by atoms with Crippen LogP contribution >= 0.6 is 0 Å². The Morgan fingerprint density at radius 2 is 2.00 bits per heavy atom. The molecule has 0 atom stereocenters. The predicted molar refractivity (Wildman–Crippen MR) is 60.2 cm³/mol. The van der Waals surface area contributed by atoms with Crippen LogP contribution in [-0.4, -0.2) is 20.6 Å². The van der Waals surface area contributed by atoms with E-state index in [4.69, 9.17) is 5.11 Å². The maximum absolute atomic E-state index is 10.7. The zero-order valence-electron chi connectivity index (χ0n) is 8.50. The highest BCUT2D eigenvalue weighted by molar-refractivity contribution is 6.14. The lowest BCUT2D eigenvalue weighted by molar-refractivity contribution is -0.130. The molecule has 16 heavy (non-hydrogen) atoms. The first-order chi connectivity index (χ1) is 7.68. The molecular formula is C12H10N2O2. The Kier molecular flexibility index (Phi) is 2.55. The van der Waals surface area contributed by atoms with Crippen molar-refractivity contribution in [2.75, 3.05) is 0 Å². The van der Waals surface area contributed by atoms with E-state index in [2.05, 4.69) is 11.6 Å². The van der Waals surface area contributed by atoms with E-state index in [0.29, 0.717) is 5.56 Å². The summed E-state index contributed by atoms with van der Waals surface area (Å²) >= 11 is 0. The third-order valence-corrected chi connectivity index (χ3v) is 2.28. The lowest BCUT2D eigenvalue weighted by atomic mass is 10.1. The van der Waals surface area contributed by atoms with Crippen molar-refractivity contribution in [2.24, 2.45) is 0 Å². The van der Waals surface area contributed by atoms with Gasteiger partial charge in [-0.2, -0.15) is 0 Å². The number of carbonyl (C=O) groups is 1. The van der Waals surface area contributed by atoms with Gasteiger partial charge in [0.1, 0.15) is 0 Å². The highest BCUT2D eigenvalue weighted by Gasteiger charge is 2.06. The number of carboxylic acids is 1. The monoisotopic (exact) mass is 214 g/mol. The van der Waals surface area contributed by atoms with Gasteiger partial charge in [-0.3, -0.25) is 0 Å². The van der Waals surface area contributed by atoms with Crippen LogP contribution in [0.3, 0.4) is 0 Å². The molecule has 0 fully saturated rings. The normalized spacial score (nSPS) is 10.0. The molecule has 1 heterocycles. The number of nitrogens with zero attached hydrogens (tertiary/aromatic N) is 2. The number of hydrogen-bond donors (Lipinski definition) is 1. The van der Waals surface area contributed by atoms with Gasteiger partial charge in [0, 0.05) is 18.1 Å². The first-order valence-corrected chi connectivity index (χ1v) is 4.69. The van der Waals surface area contributed by atoms with Crippen LogP contribution in [0, 0.1) is 0 Å². The Morgan fingerprint density at radius 3 is 2.50 bits per heavy atom. The van der Waals surface area contributed by atoms with Crippen LogP contribution in [0.25, 0.3) is 11.3 Å². The second kappa shape index (κ2) is 4.02. The molecule has 0 amide bonds. The minimum atomic E-state index is -1.00. The number of carboxylic acid groups (broad SMARTS) is 1.